The van der Waals surface area contributed by atoms with Crippen molar-refractivity contribution in [2.75, 3.05) is 0 Å². The van der Waals surface area contributed by atoms with Crippen LogP contribution in [0.1, 0.15) is 0 Å². The molecule has 8 aromatic carbocycles. The molecule has 55 heavy (non-hydrogen) atoms. The Bertz CT molecular complexity index is 2940. The fourth-order valence-corrected chi connectivity index (χ4v) is 7.64. The molecule has 258 valence electrons. The summed E-state index contributed by atoms with van der Waals surface area (Å²) in [6, 6.07) is 71.9. The normalized spacial score (nSPS) is 11.3. The summed E-state index contributed by atoms with van der Waals surface area (Å²) in [5, 5.41) is 8.73. The molecule has 0 N–H and O–H groups in total. The smallest absolute Gasteiger partial charge is 0.160 e. The number of rotatable bonds is 7. The quantitative estimate of drug-likeness (QED) is 0.166. The van der Waals surface area contributed by atoms with E-state index in [1.165, 1.54) is 0 Å². The number of benzene rings is 8. The minimum atomic E-state index is 0.671. The first-order valence-electron chi connectivity index (χ1n) is 18.5. The van der Waals surface area contributed by atoms with Gasteiger partial charge in [-0.2, -0.15) is 5.10 Å². The lowest BCUT2D eigenvalue weighted by molar-refractivity contribution is 0.918. The van der Waals surface area contributed by atoms with Gasteiger partial charge in [0.2, 0.25) is 0 Å². The molecule has 0 aliphatic rings. The van der Waals surface area contributed by atoms with Gasteiger partial charge in [0.1, 0.15) is 5.69 Å². The Morgan fingerprint density at radius 3 is 1.58 bits per heavy atom. The molecule has 0 spiro atoms. The summed E-state index contributed by atoms with van der Waals surface area (Å²) < 4.78 is 2.12. The molecule has 0 amide bonds. The number of hydrogen-bond acceptors (Lipinski definition) is 3. The van der Waals surface area contributed by atoms with E-state index >= 15 is 0 Å². The first-order chi connectivity index (χ1) is 27.3. The topological polar surface area (TPSA) is 43.6 Å². The Hall–Kier alpha value is -7.43. The van der Waals surface area contributed by atoms with E-state index in [1.807, 2.05) is 18.2 Å². The molecule has 0 aliphatic heterocycles. The second kappa shape index (κ2) is 13.8. The van der Waals surface area contributed by atoms with E-state index in [0.29, 0.717) is 5.82 Å². The van der Waals surface area contributed by atoms with Crippen LogP contribution in [0.4, 0.5) is 0 Å². The van der Waals surface area contributed by atoms with Crippen molar-refractivity contribution in [3.63, 3.8) is 0 Å². The van der Waals surface area contributed by atoms with Crippen molar-refractivity contribution < 1.29 is 0 Å². The van der Waals surface area contributed by atoms with Crippen molar-refractivity contribution in [1.29, 1.82) is 0 Å². The minimum Gasteiger partial charge on any atom is -0.232 e. The summed E-state index contributed by atoms with van der Waals surface area (Å²) in [7, 11) is 0. The molecule has 2 aromatic heterocycles. The SMILES string of the molecule is c1ccc(-c2cccc(-c3nc(-c4ccccc4)cc(-c4cccc5cc(-c6ccccc6)c6c(-c7ccccc7)nn(-c7ccccc7)c6c45)n3)c2)cc1. The molecule has 0 bridgehead atoms. The number of nitrogens with zero attached hydrogens (tertiary/aromatic N) is 4. The maximum absolute atomic E-state index is 5.45. The van der Waals surface area contributed by atoms with Crippen molar-refractivity contribution in [1.82, 2.24) is 19.7 Å². The summed E-state index contributed by atoms with van der Waals surface area (Å²) in [5.74, 6) is 0.671. The van der Waals surface area contributed by atoms with Crippen LogP contribution in [-0.4, -0.2) is 19.7 Å². The Morgan fingerprint density at radius 1 is 0.345 bits per heavy atom. The first-order valence-corrected chi connectivity index (χ1v) is 18.5. The van der Waals surface area contributed by atoms with E-state index in [9.17, 15) is 0 Å². The predicted molar refractivity (Wildman–Crippen MR) is 227 cm³/mol. The molecule has 4 heteroatoms. The van der Waals surface area contributed by atoms with Crippen LogP contribution in [0.15, 0.2) is 206 Å². The van der Waals surface area contributed by atoms with E-state index < -0.39 is 0 Å². The van der Waals surface area contributed by atoms with Crippen LogP contribution in [-0.2, 0) is 0 Å². The van der Waals surface area contributed by atoms with Crippen molar-refractivity contribution in [3.8, 4) is 73.1 Å². The van der Waals surface area contributed by atoms with E-state index in [0.717, 1.165) is 89.0 Å². The monoisotopic (exact) mass is 702 g/mol. The molecule has 0 fully saturated rings. The second-order valence-corrected chi connectivity index (χ2v) is 13.7. The van der Waals surface area contributed by atoms with Gasteiger partial charge < -0.3 is 0 Å². The molecular formula is C51H34N4. The number of hydrogen-bond donors (Lipinski definition) is 0. The molecule has 0 radical (unpaired) electrons. The van der Waals surface area contributed by atoms with Crippen molar-refractivity contribution in [2.45, 2.75) is 0 Å². The third-order valence-electron chi connectivity index (χ3n) is 10.2. The zero-order valence-corrected chi connectivity index (χ0v) is 29.9. The summed E-state index contributed by atoms with van der Waals surface area (Å²) in [6.45, 7) is 0. The van der Waals surface area contributed by atoms with Crippen LogP contribution in [0, 0.1) is 0 Å². The lowest BCUT2D eigenvalue weighted by atomic mass is 9.91. The molecule has 2 heterocycles. The van der Waals surface area contributed by atoms with Crippen molar-refractivity contribution >= 4 is 21.7 Å². The Morgan fingerprint density at radius 2 is 0.891 bits per heavy atom. The highest BCUT2D eigenvalue weighted by Crippen LogP contribution is 2.44. The molecule has 0 unspecified atom stereocenters. The maximum Gasteiger partial charge on any atom is 0.160 e. The highest BCUT2D eigenvalue weighted by Gasteiger charge is 2.24. The van der Waals surface area contributed by atoms with Crippen molar-refractivity contribution in [2.24, 2.45) is 0 Å². The van der Waals surface area contributed by atoms with Gasteiger partial charge in [0.25, 0.3) is 0 Å². The lowest BCUT2D eigenvalue weighted by Crippen LogP contribution is -1.99. The van der Waals surface area contributed by atoms with Gasteiger partial charge in [0.05, 0.1) is 22.6 Å². The van der Waals surface area contributed by atoms with E-state index in [2.05, 4.69) is 193 Å². The zero-order valence-electron chi connectivity index (χ0n) is 29.9. The zero-order chi connectivity index (χ0) is 36.6. The molecule has 0 atom stereocenters. The maximum atomic E-state index is 5.45. The van der Waals surface area contributed by atoms with Gasteiger partial charge in [0.15, 0.2) is 5.82 Å². The van der Waals surface area contributed by atoms with Gasteiger partial charge in [0, 0.05) is 33.0 Å². The summed E-state index contributed by atoms with van der Waals surface area (Å²) in [5.41, 5.74) is 13.3. The largest absolute Gasteiger partial charge is 0.232 e. The number of aromatic nitrogens is 4. The minimum absolute atomic E-state index is 0.671. The molecule has 0 saturated heterocycles. The van der Waals surface area contributed by atoms with Crippen LogP contribution in [0.2, 0.25) is 0 Å². The number of fused-ring (bicyclic) bond motifs is 3. The predicted octanol–water partition coefficient (Wildman–Crippen LogP) is 13.0. The van der Waals surface area contributed by atoms with Gasteiger partial charge in [-0.05, 0) is 58.0 Å². The van der Waals surface area contributed by atoms with Crippen molar-refractivity contribution in [3.05, 3.63) is 206 Å². The first kappa shape index (κ1) is 32.2. The van der Waals surface area contributed by atoms with E-state index in [-0.39, 0.29) is 0 Å². The second-order valence-electron chi connectivity index (χ2n) is 13.7. The van der Waals surface area contributed by atoms with Crippen LogP contribution in [0.3, 0.4) is 0 Å². The Kier molecular flexibility index (Phi) is 8.12. The third kappa shape index (κ3) is 5.96. The molecule has 10 rings (SSSR count). The lowest BCUT2D eigenvalue weighted by Gasteiger charge is -2.15. The van der Waals surface area contributed by atoms with Gasteiger partial charge in [-0.25, -0.2) is 14.6 Å². The highest BCUT2D eigenvalue weighted by atomic mass is 15.3. The summed E-state index contributed by atoms with van der Waals surface area (Å²) in [6.07, 6.45) is 0. The average Bonchev–Trinajstić information content (AvgIpc) is 3.68. The Balaban J connectivity index is 1.30. The Labute approximate surface area is 319 Å². The van der Waals surface area contributed by atoms with Crippen LogP contribution >= 0.6 is 0 Å². The highest BCUT2D eigenvalue weighted by molar-refractivity contribution is 6.21. The fourth-order valence-electron chi connectivity index (χ4n) is 7.64. The number of para-hydroxylation sites is 1. The summed E-state index contributed by atoms with van der Waals surface area (Å²) >= 11 is 0. The average molecular weight is 703 g/mol. The third-order valence-corrected chi connectivity index (χ3v) is 10.2. The van der Waals surface area contributed by atoms with Crippen LogP contribution < -0.4 is 0 Å². The molecular weight excluding hydrogens is 669 g/mol. The molecule has 4 nitrogen and oxygen atoms in total. The fraction of sp³-hybridized carbons (Fsp3) is 0. The van der Waals surface area contributed by atoms with Gasteiger partial charge >= 0.3 is 0 Å². The van der Waals surface area contributed by atoms with Crippen LogP contribution in [0.5, 0.6) is 0 Å². The summed E-state index contributed by atoms with van der Waals surface area (Å²) in [4.78, 5) is 10.6. The van der Waals surface area contributed by atoms with Gasteiger partial charge in [-0.1, -0.05) is 176 Å². The molecule has 0 saturated carbocycles. The van der Waals surface area contributed by atoms with Gasteiger partial charge in [-0.15, -0.1) is 0 Å². The van der Waals surface area contributed by atoms with Gasteiger partial charge in [-0.3, -0.25) is 0 Å². The standard InChI is InChI=1S/C51H34N4/c1-6-18-35(19-7-1)39-26-16-28-41(32-39)51-52-45(37-22-10-3-11-23-37)34-46(53-51)43-31-17-27-40-33-44(36-20-8-2-9-21-36)48-49(38-24-12-4-13-25-38)54-55(50(48)47(40)43)42-29-14-5-15-30-42/h1-34H. The van der Waals surface area contributed by atoms with Crippen LogP contribution in [0.25, 0.3) is 94.8 Å². The molecule has 10 aromatic rings. The van der Waals surface area contributed by atoms with E-state index in [1.54, 1.807) is 0 Å². The molecule has 0 aliphatic carbocycles. The van der Waals surface area contributed by atoms with E-state index in [4.69, 9.17) is 15.1 Å².